The topological polar surface area (TPSA) is 43.4 Å². The Labute approximate surface area is 115 Å². The average molecular weight is 264 g/mol. The number of rotatable bonds is 1. The van der Waals surface area contributed by atoms with Crippen LogP contribution in [0.5, 0.6) is 0 Å². The fourth-order valence-corrected chi connectivity index (χ4v) is 5.23. The molecule has 0 N–H and O–H groups in total. The third-order valence-corrected chi connectivity index (χ3v) is 5.49. The molecule has 106 valence electrons. The van der Waals surface area contributed by atoms with Crippen molar-refractivity contribution in [1.82, 2.24) is 0 Å². The van der Waals surface area contributed by atoms with Crippen molar-refractivity contribution in [3.63, 3.8) is 0 Å². The Morgan fingerprint density at radius 3 is 2.63 bits per heavy atom. The Hall–Kier alpha value is -0.860. The Kier molecular flexibility index (Phi) is 2.81. The van der Waals surface area contributed by atoms with E-state index < -0.39 is 5.60 Å². The highest BCUT2D eigenvalue weighted by atomic mass is 16.6. The summed E-state index contributed by atoms with van der Waals surface area (Å²) in [5.74, 6) is 1.02. The molecule has 3 aliphatic carbocycles. The summed E-state index contributed by atoms with van der Waals surface area (Å²) in [5.41, 5.74) is -0.499. The summed E-state index contributed by atoms with van der Waals surface area (Å²) < 4.78 is 5.79. The summed E-state index contributed by atoms with van der Waals surface area (Å²) in [7, 11) is 0. The number of hydrogen-bond acceptors (Lipinski definition) is 3. The van der Waals surface area contributed by atoms with Crippen LogP contribution in [-0.2, 0) is 14.3 Å². The van der Waals surface area contributed by atoms with E-state index in [1.807, 2.05) is 0 Å². The highest BCUT2D eigenvalue weighted by Crippen LogP contribution is 2.65. The minimum absolute atomic E-state index is 0.00488. The molecule has 0 bridgehead atoms. The first-order valence-corrected chi connectivity index (χ1v) is 7.58. The summed E-state index contributed by atoms with van der Waals surface area (Å²) in [4.78, 5) is 24.1. The van der Waals surface area contributed by atoms with Gasteiger partial charge in [-0.3, -0.25) is 9.59 Å². The van der Waals surface area contributed by atoms with Gasteiger partial charge in [0.1, 0.15) is 11.4 Å². The average Bonchev–Trinajstić information content (AvgIpc) is 2.24. The maximum absolute atomic E-state index is 12.5. The molecule has 19 heavy (non-hydrogen) atoms. The number of hydrogen-bond donors (Lipinski definition) is 0. The zero-order valence-corrected chi connectivity index (χ0v) is 12.2. The van der Waals surface area contributed by atoms with Gasteiger partial charge in [-0.2, -0.15) is 0 Å². The lowest BCUT2D eigenvalue weighted by Crippen LogP contribution is -2.71. The summed E-state index contributed by atoms with van der Waals surface area (Å²) >= 11 is 0. The summed E-state index contributed by atoms with van der Waals surface area (Å²) in [6.45, 7) is 5.74. The van der Waals surface area contributed by atoms with Crippen LogP contribution in [0.25, 0.3) is 0 Å². The normalized spacial score (nSPS) is 43.7. The number of esters is 1. The number of ketones is 1. The maximum Gasteiger partial charge on any atom is 0.303 e. The predicted octanol–water partition coefficient (Wildman–Crippen LogP) is 3.11. The number of fused-ring (bicyclic) bond motifs is 4. The van der Waals surface area contributed by atoms with Crippen molar-refractivity contribution in [2.24, 2.45) is 23.2 Å². The van der Waals surface area contributed by atoms with Crippen molar-refractivity contribution in [2.45, 2.75) is 64.9 Å². The van der Waals surface area contributed by atoms with Crippen LogP contribution in [0.2, 0.25) is 0 Å². The van der Waals surface area contributed by atoms with E-state index in [1.165, 1.54) is 19.8 Å². The molecule has 0 spiro atoms. The van der Waals surface area contributed by atoms with Crippen LogP contribution in [0.4, 0.5) is 0 Å². The zero-order chi connectivity index (χ0) is 13.8. The Bertz CT molecular complexity index is 426. The molecule has 0 aromatic heterocycles. The van der Waals surface area contributed by atoms with E-state index >= 15 is 0 Å². The van der Waals surface area contributed by atoms with Crippen molar-refractivity contribution in [3.05, 3.63) is 0 Å². The molecule has 0 aromatic rings. The number of Topliss-reactive ketones (excluding diaryl/α,β-unsaturated/α-hetero) is 1. The van der Waals surface area contributed by atoms with Crippen molar-refractivity contribution in [1.29, 1.82) is 0 Å². The molecule has 0 amide bonds. The lowest BCUT2D eigenvalue weighted by Gasteiger charge is -2.65. The number of carbonyl (C=O) groups is 2. The minimum atomic E-state index is -0.463. The molecule has 3 fully saturated rings. The van der Waals surface area contributed by atoms with Crippen LogP contribution in [0.1, 0.15) is 59.3 Å². The van der Waals surface area contributed by atoms with E-state index in [2.05, 4.69) is 13.8 Å². The van der Waals surface area contributed by atoms with Gasteiger partial charge in [0.2, 0.25) is 0 Å². The Morgan fingerprint density at radius 2 is 1.95 bits per heavy atom. The second-order valence-electron chi connectivity index (χ2n) is 7.57. The summed E-state index contributed by atoms with van der Waals surface area (Å²) in [5, 5.41) is 0. The van der Waals surface area contributed by atoms with Crippen LogP contribution in [-0.4, -0.2) is 17.4 Å². The van der Waals surface area contributed by atoms with Gasteiger partial charge >= 0.3 is 5.97 Å². The van der Waals surface area contributed by atoms with E-state index in [9.17, 15) is 9.59 Å². The van der Waals surface area contributed by atoms with Crippen LogP contribution in [0.3, 0.4) is 0 Å². The fourth-order valence-electron chi connectivity index (χ4n) is 5.23. The minimum Gasteiger partial charge on any atom is -0.458 e. The van der Waals surface area contributed by atoms with Gasteiger partial charge in [0.05, 0.1) is 5.92 Å². The molecule has 0 saturated heterocycles. The highest BCUT2D eigenvalue weighted by molar-refractivity contribution is 5.86. The molecule has 0 radical (unpaired) electrons. The van der Waals surface area contributed by atoms with Crippen molar-refractivity contribution in [3.8, 4) is 0 Å². The smallest absolute Gasteiger partial charge is 0.303 e. The molecule has 3 heteroatoms. The molecule has 0 heterocycles. The van der Waals surface area contributed by atoms with Crippen molar-refractivity contribution >= 4 is 11.8 Å². The van der Waals surface area contributed by atoms with Gasteiger partial charge in [-0.1, -0.05) is 26.7 Å². The molecule has 3 rings (SSSR count). The number of ether oxygens (including phenoxy) is 1. The van der Waals surface area contributed by atoms with Gasteiger partial charge in [-0.05, 0) is 30.6 Å². The van der Waals surface area contributed by atoms with Gasteiger partial charge in [0.25, 0.3) is 0 Å². The van der Waals surface area contributed by atoms with Gasteiger partial charge < -0.3 is 4.74 Å². The standard InChI is InChI=1S/C16H24O3/c1-10(17)19-16-9-15(2,3)8-13(18)14(16)11-6-4-5-7-12(11)16/h11-12,14H,4-9H2,1-3H3/t11?,12?,14-,16+/m0/s1. The first kappa shape index (κ1) is 13.1. The first-order chi connectivity index (χ1) is 8.86. The Balaban J connectivity index is 1.96. The van der Waals surface area contributed by atoms with Gasteiger partial charge in [-0.15, -0.1) is 0 Å². The Morgan fingerprint density at radius 1 is 1.26 bits per heavy atom. The second-order valence-corrected chi connectivity index (χ2v) is 7.57. The molecule has 3 nitrogen and oxygen atoms in total. The molecule has 0 aromatic carbocycles. The highest BCUT2D eigenvalue weighted by Gasteiger charge is 2.69. The molecular weight excluding hydrogens is 240 g/mol. The van der Waals surface area contributed by atoms with E-state index in [4.69, 9.17) is 4.74 Å². The third kappa shape index (κ3) is 1.85. The predicted molar refractivity (Wildman–Crippen MR) is 71.5 cm³/mol. The molecule has 0 aliphatic heterocycles. The number of carbonyl (C=O) groups excluding carboxylic acids is 2. The fraction of sp³-hybridized carbons (Fsp3) is 0.875. The van der Waals surface area contributed by atoms with Gasteiger partial charge in [0, 0.05) is 19.3 Å². The van der Waals surface area contributed by atoms with Crippen LogP contribution < -0.4 is 0 Å². The zero-order valence-electron chi connectivity index (χ0n) is 12.2. The van der Waals surface area contributed by atoms with Crippen molar-refractivity contribution in [2.75, 3.05) is 0 Å². The van der Waals surface area contributed by atoms with Crippen LogP contribution >= 0.6 is 0 Å². The van der Waals surface area contributed by atoms with Crippen molar-refractivity contribution < 1.29 is 14.3 Å². The van der Waals surface area contributed by atoms with E-state index in [0.717, 1.165) is 19.3 Å². The molecule has 3 aliphatic rings. The second kappa shape index (κ2) is 4.07. The van der Waals surface area contributed by atoms with Crippen LogP contribution in [0.15, 0.2) is 0 Å². The monoisotopic (exact) mass is 264 g/mol. The van der Waals surface area contributed by atoms with E-state index in [0.29, 0.717) is 24.0 Å². The molecule has 2 unspecified atom stereocenters. The summed E-state index contributed by atoms with van der Waals surface area (Å²) in [6, 6.07) is 0. The SMILES string of the molecule is CC(=O)O[C@@]12CC(C)(C)CC(=O)[C@@H]1C1CCCCC12. The van der Waals surface area contributed by atoms with Gasteiger partial charge in [-0.25, -0.2) is 0 Å². The quantitative estimate of drug-likeness (QED) is 0.683. The largest absolute Gasteiger partial charge is 0.458 e. The maximum atomic E-state index is 12.5. The third-order valence-electron chi connectivity index (χ3n) is 5.49. The van der Waals surface area contributed by atoms with Crippen LogP contribution in [0, 0.1) is 23.2 Å². The lowest BCUT2D eigenvalue weighted by molar-refractivity contribution is -0.250. The molecule has 3 saturated carbocycles. The molecular formula is C16H24O3. The summed E-state index contributed by atoms with van der Waals surface area (Å²) in [6.07, 6.45) is 6.21. The first-order valence-electron chi connectivity index (χ1n) is 7.58. The van der Waals surface area contributed by atoms with E-state index in [-0.39, 0.29) is 17.3 Å². The lowest BCUT2D eigenvalue weighted by atomic mass is 9.42. The molecule has 4 atom stereocenters. The van der Waals surface area contributed by atoms with Gasteiger partial charge in [0.15, 0.2) is 0 Å². The van der Waals surface area contributed by atoms with E-state index in [1.54, 1.807) is 0 Å².